The molecule has 3 aliphatic rings. The fourth-order valence-electron chi connectivity index (χ4n) is 5.74. The van der Waals surface area contributed by atoms with Crippen LogP contribution in [0.2, 0.25) is 0 Å². The highest BCUT2D eigenvalue weighted by Crippen LogP contribution is 2.40. The molecule has 0 spiro atoms. The van der Waals surface area contributed by atoms with Gasteiger partial charge in [0.05, 0.1) is 11.4 Å². The summed E-state index contributed by atoms with van der Waals surface area (Å²) in [6.07, 6.45) is 8.82. The summed E-state index contributed by atoms with van der Waals surface area (Å²) < 4.78 is 2.27. The number of aryl methyl sites for hydroxylation is 2. The minimum Gasteiger partial charge on any atom is -0.335 e. The van der Waals surface area contributed by atoms with Gasteiger partial charge in [-0.25, -0.2) is 0 Å². The molecule has 2 saturated carbocycles. The van der Waals surface area contributed by atoms with Crippen molar-refractivity contribution in [1.29, 1.82) is 0 Å². The van der Waals surface area contributed by atoms with Crippen molar-refractivity contribution >= 4 is 16.8 Å². The number of benzene rings is 1. The first-order valence-electron chi connectivity index (χ1n) is 12.2. The molecule has 0 radical (unpaired) electrons. The molecule has 1 aromatic carbocycles. The molecular formula is C26H31N5O. The van der Waals surface area contributed by atoms with Gasteiger partial charge in [-0.3, -0.25) is 9.78 Å². The molecular weight excluding hydrogens is 398 g/mol. The van der Waals surface area contributed by atoms with Crippen molar-refractivity contribution < 1.29 is 4.79 Å². The molecule has 0 bridgehead atoms. The minimum absolute atomic E-state index is 0.0193. The van der Waals surface area contributed by atoms with Crippen LogP contribution in [0.3, 0.4) is 0 Å². The van der Waals surface area contributed by atoms with Crippen molar-refractivity contribution in [1.82, 2.24) is 24.6 Å². The van der Waals surface area contributed by atoms with Gasteiger partial charge in [-0.05, 0) is 56.7 Å². The van der Waals surface area contributed by atoms with E-state index in [0.717, 1.165) is 60.5 Å². The number of amides is 1. The Hall–Kier alpha value is -2.76. The second-order valence-electron chi connectivity index (χ2n) is 9.94. The number of pyridine rings is 1. The van der Waals surface area contributed by atoms with Crippen LogP contribution in [0.5, 0.6) is 0 Å². The molecule has 2 fully saturated rings. The summed E-state index contributed by atoms with van der Waals surface area (Å²) in [5.41, 5.74) is 3.24. The highest BCUT2D eigenvalue weighted by atomic mass is 16.2. The Bertz CT molecular complexity index is 1160. The third kappa shape index (κ3) is 3.59. The largest absolute Gasteiger partial charge is 0.335 e. The van der Waals surface area contributed by atoms with Crippen molar-refractivity contribution in [3.63, 3.8) is 0 Å². The predicted molar refractivity (Wildman–Crippen MR) is 123 cm³/mol. The second kappa shape index (κ2) is 7.98. The maximum absolute atomic E-state index is 14.0. The van der Waals surface area contributed by atoms with Crippen LogP contribution in [-0.2, 0) is 24.3 Å². The lowest BCUT2D eigenvalue weighted by atomic mass is 9.95. The molecule has 0 saturated heterocycles. The first-order valence-corrected chi connectivity index (χ1v) is 12.2. The molecule has 3 heterocycles. The maximum atomic E-state index is 14.0. The van der Waals surface area contributed by atoms with Crippen LogP contribution in [-0.4, -0.2) is 36.6 Å². The van der Waals surface area contributed by atoms with Crippen LogP contribution >= 0.6 is 0 Å². The smallest absolute Gasteiger partial charge is 0.228 e. The monoisotopic (exact) mass is 429 g/mol. The Balaban J connectivity index is 1.31. The Morgan fingerprint density at radius 3 is 2.72 bits per heavy atom. The highest BCUT2D eigenvalue weighted by Gasteiger charge is 2.37. The highest BCUT2D eigenvalue weighted by molar-refractivity contribution is 5.84. The molecule has 6 nitrogen and oxygen atoms in total. The van der Waals surface area contributed by atoms with Crippen molar-refractivity contribution in [3.05, 3.63) is 53.2 Å². The molecule has 0 N–H and O–H groups in total. The number of carbonyl (C=O) groups excluding carboxylic acids is 1. The summed E-state index contributed by atoms with van der Waals surface area (Å²) in [6.45, 7) is 3.46. The minimum atomic E-state index is 0.0193. The number of fused-ring (bicyclic) bond motifs is 2. The lowest BCUT2D eigenvalue weighted by molar-refractivity contribution is -0.139. The van der Waals surface area contributed by atoms with Crippen LogP contribution in [0.4, 0.5) is 0 Å². The van der Waals surface area contributed by atoms with E-state index < -0.39 is 0 Å². The van der Waals surface area contributed by atoms with Gasteiger partial charge in [0.25, 0.3) is 0 Å². The van der Waals surface area contributed by atoms with Crippen LogP contribution in [0, 0.1) is 12.8 Å². The summed E-state index contributed by atoms with van der Waals surface area (Å²) in [7, 11) is 0. The first kappa shape index (κ1) is 19.9. The van der Waals surface area contributed by atoms with Gasteiger partial charge in [0, 0.05) is 42.6 Å². The fourth-order valence-corrected chi connectivity index (χ4v) is 5.74. The number of nitrogens with zero attached hydrogens (tertiary/aromatic N) is 5. The Morgan fingerprint density at radius 1 is 1.09 bits per heavy atom. The third-order valence-corrected chi connectivity index (χ3v) is 7.59. The van der Waals surface area contributed by atoms with E-state index in [1.54, 1.807) is 0 Å². The van der Waals surface area contributed by atoms with Gasteiger partial charge < -0.3 is 9.47 Å². The third-order valence-electron chi connectivity index (χ3n) is 7.59. The van der Waals surface area contributed by atoms with Crippen LogP contribution in [0.1, 0.15) is 73.8 Å². The summed E-state index contributed by atoms with van der Waals surface area (Å²) in [4.78, 5) is 20.9. The second-order valence-corrected chi connectivity index (χ2v) is 9.94. The zero-order valence-electron chi connectivity index (χ0n) is 18.8. The average molecular weight is 430 g/mol. The average Bonchev–Trinajstić information content (AvgIpc) is 3.33. The van der Waals surface area contributed by atoms with Gasteiger partial charge in [0.1, 0.15) is 11.6 Å². The zero-order chi connectivity index (χ0) is 21.7. The lowest BCUT2D eigenvalue weighted by Crippen LogP contribution is -2.44. The molecule has 1 aliphatic heterocycles. The Labute approximate surface area is 189 Å². The van der Waals surface area contributed by atoms with E-state index in [4.69, 9.17) is 4.98 Å². The van der Waals surface area contributed by atoms with E-state index >= 15 is 0 Å². The molecule has 166 valence electrons. The van der Waals surface area contributed by atoms with Crippen molar-refractivity contribution in [2.75, 3.05) is 0 Å². The summed E-state index contributed by atoms with van der Waals surface area (Å²) in [6, 6.07) is 10.8. The summed E-state index contributed by atoms with van der Waals surface area (Å²) in [5, 5.41) is 10.1. The quantitative estimate of drug-likeness (QED) is 0.597. The molecule has 2 aliphatic carbocycles. The summed E-state index contributed by atoms with van der Waals surface area (Å²) in [5.74, 6) is 3.07. The predicted octanol–water partition coefficient (Wildman–Crippen LogP) is 4.55. The number of aromatic nitrogens is 4. The van der Waals surface area contributed by atoms with E-state index in [1.807, 2.05) is 13.0 Å². The van der Waals surface area contributed by atoms with E-state index in [2.05, 4.69) is 43.9 Å². The molecule has 6 heteroatoms. The van der Waals surface area contributed by atoms with Crippen LogP contribution in [0.15, 0.2) is 30.3 Å². The number of para-hydroxylation sites is 1. The standard InChI is InChI=1S/C26H31N5O/c1-17-14-20(22-8-4-5-9-23(22)27-17)16-30(21-6-2-3-7-21)26(32)19-12-13-24-28-29-25(18-10-11-18)31(24)15-19/h4-5,8-9,14,18-19,21H,2-3,6-7,10-13,15-16H2,1H3. The molecule has 6 rings (SSSR count). The van der Waals surface area contributed by atoms with E-state index in [9.17, 15) is 4.79 Å². The van der Waals surface area contributed by atoms with Crippen LogP contribution < -0.4 is 0 Å². The van der Waals surface area contributed by atoms with Gasteiger partial charge in [-0.15, -0.1) is 10.2 Å². The molecule has 1 unspecified atom stereocenters. The van der Waals surface area contributed by atoms with Gasteiger partial charge in [-0.1, -0.05) is 31.0 Å². The van der Waals surface area contributed by atoms with Crippen molar-refractivity contribution in [3.8, 4) is 0 Å². The zero-order valence-corrected chi connectivity index (χ0v) is 18.8. The van der Waals surface area contributed by atoms with Gasteiger partial charge in [-0.2, -0.15) is 0 Å². The topological polar surface area (TPSA) is 63.9 Å². The summed E-state index contributed by atoms with van der Waals surface area (Å²) >= 11 is 0. The first-order chi connectivity index (χ1) is 15.7. The molecule has 1 atom stereocenters. The molecule has 32 heavy (non-hydrogen) atoms. The Kier molecular flexibility index (Phi) is 4.96. The molecule has 1 amide bonds. The van der Waals surface area contributed by atoms with E-state index in [0.29, 0.717) is 24.4 Å². The SMILES string of the molecule is Cc1cc(CN(C(=O)C2CCc3nnc(C4CC4)n3C2)C2CCCC2)c2ccccc2n1. The normalized spacial score (nSPS) is 21.1. The van der Waals surface area contributed by atoms with Gasteiger partial charge >= 0.3 is 0 Å². The Morgan fingerprint density at radius 2 is 1.91 bits per heavy atom. The fraction of sp³-hybridized carbons (Fsp3) is 0.538. The molecule has 3 aromatic rings. The van der Waals surface area contributed by atoms with Gasteiger partial charge in [0.2, 0.25) is 5.91 Å². The number of carbonyl (C=O) groups is 1. The van der Waals surface area contributed by atoms with Crippen molar-refractivity contribution in [2.24, 2.45) is 5.92 Å². The number of hydrogen-bond acceptors (Lipinski definition) is 4. The number of hydrogen-bond donors (Lipinski definition) is 0. The lowest BCUT2D eigenvalue weighted by Gasteiger charge is -2.34. The van der Waals surface area contributed by atoms with E-state index in [1.165, 1.54) is 31.2 Å². The van der Waals surface area contributed by atoms with E-state index in [-0.39, 0.29) is 5.92 Å². The number of rotatable bonds is 5. The van der Waals surface area contributed by atoms with Gasteiger partial charge in [0.15, 0.2) is 0 Å². The van der Waals surface area contributed by atoms with Crippen LogP contribution in [0.25, 0.3) is 10.9 Å². The van der Waals surface area contributed by atoms with Crippen molar-refractivity contribution in [2.45, 2.75) is 83.3 Å². The maximum Gasteiger partial charge on any atom is 0.228 e. The molecule has 2 aromatic heterocycles.